The number of pyridine rings is 1. The Morgan fingerprint density at radius 1 is 1.21 bits per heavy atom. The average Bonchev–Trinajstić information content (AvgIpc) is 2.26. The summed E-state index contributed by atoms with van der Waals surface area (Å²) in [4.78, 5) is 11.8. The second kappa shape index (κ2) is 5.34. The van der Waals surface area contributed by atoms with Crippen LogP contribution in [0.25, 0.3) is 0 Å². The number of rotatable bonds is 2. The molecule has 0 bridgehead atoms. The Balaban J connectivity index is 2.33. The minimum atomic E-state index is -4.46. The molecule has 0 aromatic carbocycles. The second-order valence-corrected chi connectivity index (χ2v) is 4.97. The zero-order valence-electron chi connectivity index (χ0n) is 9.57. The van der Waals surface area contributed by atoms with Gasteiger partial charge in [-0.2, -0.15) is 13.2 Å². The normalized spacial score (nSPS) is 11.6. The summed E-state index contributed by atoms with van der Waals surface area (Å²) in [6.07, 6.45) is -2.94. The molecule has 0 aliphatic carbocycles. The van der Waals surface area contributed by atoms with Crippen molar-refractivity contribution in [3.05, 3.63) is 40.8 Å². The van der Waals surface area contributed by atoms with E-state index in [2.05, 4.69) is 15.0 Å². The van der Waals surface area contributed by atoms with E-state index in [0.29, 0.717) is 5.16 Å². The van der Waals surface area contributed by atoms with Gasteiger partial charge in [0.2, 0.25) is 0 Å². The molecule has 0 aliphatic heterocycles. The van der Waals surface area contributed by atoms with Crippen LogP contribution in [0.3, 0.4) is 0 Å². The fourth-order valence-corrected chi connectivity index (χ4v) is 2.34. The maximum Gasteiger partial charge on any atom is 0.416 e. The minimum absolute atomic E-state index is 0.102. The van der Waals surface area contributed by atoms with Gasteiger partial charge in [-0.1, -0.05) is 11.6 Å². The van der Waals surface area contributed by atoms with Gasteiger partial charge < -0.3 is 0 Å². The smallest absolute Gasteiger partial charge is 0.231 e. The van der Waals surface area contributed by atoms with Crippen LogP contribution >= 0.6 is 23.4 Å². The van der Waals surface area contributed by atoms with Gasteiger partial charge in [-0.05, 0) is 36.9 Å². The molecule has 0 saturated carbocycles. The van der Waals surface area contributed by atoms with Crippen LogP contribution in [0.1, 0.15) is 11.3 Å². The SMILES string of the molecule is Cc1ccnc(Sc2cc(C(F)(F)F)cc(Cl)n2)n1. The molecule has 2 rings (SSSR count). The molecule has 2 aromatic rings. The fraction of sp³-hybridized carbons (Fsp3) is 0.182. The topological polar surface area (TPSA) is 38.7 Å². The van der Waals surface area contributed by atoms with Crippen molar-refractivity contribution < 1.29 is 13.2 Å². The van der Waals surface area contributed by atoms with E-state index in [4.69, 9.17) is 11.6 Å². The zero-order valence-corrected chi connectivity index (χ0v) is 11.1. The van der Waals surface area contributed by atoms with Crippen LogP contribution in [0.15, 0.2) is 34.6 Å². The van der Waals surface area contributed by atoms with E-state index in [1.54, 1.807) is 13.0 Å². The van der Waals surface area contributed by atoms with Crippen molar-refractivity contribution in [1.82, 2.24) is 15.0 Å². The Hall–Kier alpha value is -1.34. The van der Waals surface area contributed by atoms with Crippen molar-refractivity contribution in [3.8, 4) is 0 Å². The van der Waals surface area contributed by atoms with Crippen molar-refractivity contribution in [2.45, 2.75) is 23.3 Å². The fourth-order valence-electron chi connectivity index (χ4n) is 1.26. The molecule has 2 heterocycles. The average molecular weight is 306 g/mol. The highest BCUT2D eigenvalue weighted by Crippen LogP contribution is 2.34. The molecule has 0 radical (unpaired) electrons. The number of hydrogen-bond donors (Lipinski definition) is 0. The first-order valence-electron chi connectivity index (χ1n) is 5.07. The highest BCUT2D eigenvalue weighted by molar-refractivity contribution is 7.99. The standard InChI is InChI=1S/C11H7ClF3N3S/c1-6-2-3-16-10(17-6)19-9-5-7(11(13,14)15)4-8(12)18-9/h2-5H,1H3. The van der Waals surface area contributed by atoms with Crippen molar-refractivity contribution in [2.75, 3.05) is 0 Å². The van der Waals surface area contributed by atoms with E-state index < -0.39 is 11.7 Å². The Kier molecular flexibility index (Phi) is 3.96. The Morgan fingerprint density at radius 3 is 2.58 bits per heavy atom. The van der Waals surface area contributed by atoms with E-state index in [-0.39, 0.29) is 10.2 Å². The van der Waals surface area contributed by atoms with Crippen LogP contribution in [0, 0.1) is 6.92 Å². The largest absolute Gasteiger partial charge is 0.416 e. The molecule has 0 aliphatic rings. The molecule has 100 valence electrons. The summed E-state index contributed by atoms with van der Waals surface area (Å²) in [5.74, 6) is 0. The van der Waals surface area contributed by atoms with Crippen molar-refractivity contribution in [1.29, 1.82) is 0 Å². The van der Waals surface area contributed by atoms with Crippen LogP contribution in [-0.4, -0.2) is 15.0 Å². The van der Waals surface area contributed by atoms with Gasteiger partial charge in [0.15, 0.2) is 5.16 Å². The van der Waals surface area contributed by atoms with Gasteiger partial charge in [0.1, 0.15) is 10.2 Å². The molecule has 0 amide bonds. The molecule has 0 atom stereocenters. The van der Waals surface area contributed by atoms with Crippen molar-refractivity contribution in [3.63, 3.8) is 0 Å². The quantitative estimate of drug-likeness (QED) is 0.621. The van der Waals surface area contributed by atoms with Crippen LogP contribution in [0.5, 0.6) is 0 Å². The molecular weight excluding hydrogens is 299 g/mol. The first-order valence-corrected chi connectivity index (χ1v) is 6.26. The zero-order chi connectivity index (χ0) is 14.0. The number of halogens is 4. The van der Waals surface area contributed by atoms with E-state index in [1.165, 1.54) is 6.20 Å². The summed E-state index contributed by atoms with van der Waals surface area (Å²) in [6.45, 7) is 1.76. The third-order valence-corrected chi connectivity index (χ3v) is 3.06. The third-order valence-electron chi connectivity index (χ3n) is 2.07. The molecule has 8 heteroatoms. The lowest BCUT2D eigenvalue weighted by molar-refractivity contribution is -0.137. The number of alkyl halides is 3. The predicted molar refractivity (Wildman–Crippen MR) is 65.1 cm³/mol. The third kappa shape index (κ3) is 3.81. The molecular formula is C11H7ClF3N3S. The minimum Gasteiger partial charge on any atom is -0.231 e. The van der Waals surface area contributed by atoms with Gasteiger partial charge in [-0.3, -0.25) is 0 Å². The monoisotopic (exact) mass is 305 g/mol. The lowest BCUT2D eigenvalue weighted by Crippen LogP contribution is -2.05. The Bertz CT molecular complexity index is 604. The second-order valence-electron chi connectivity index (χ2n) is 3.60. The summed E-state index contributed by atoms with van der Waals surface area (Å²) < 4.78 is 37.9. The first kappa shape index (κ1) is 14.1. The number of aryl methyl sites for hydroxylation is 1. The summed E-state index contributed by atoms with van der Waals surface area (Å²) in [7, 11) is 0. The molecule has 3 nitrogen and oxygen atoms in total. The van der Waals surface area contributed by atoms with E-state index in [9.17, 15) is 13.2 Å². The molecule has 19 heavy (non-hydrogen) atoms. The highest BCUT2D eigenvalue weighted by Gasteiger charge is 2.31. The summed E-state index contributed by atoms with van der Waals surface area (Å²) >= 11 is 6.52. The Morgan fingerprint density at radius 2 is 1.95 bits per heavy atom. The van der Waals surface area contributed by atoms with Crippen LogP contribution in [-0.2, 0) is 6.18 Å². The Labute approximate surface area is 116 Å². The maximum atomic E-state index is 12.6. The summed E-state index contributed by atoms with van der Waals surface area (Å²) in [6, 6.07) is 3.39. The van der Waals surface area contributed by atoms with Gasteiger partial charge in [-0.15, -0.1) is 0 Å². The van der Waals surface area contributed by atoms with Gasteiger partial charge in [0.05, 0.1) is 5.56 Å². The predicted octanol–water partition coefficient (Wildman–Crippen LogP) is 4.00. The molecule has 0 fully saturated rings. The molecule has 2 aromatic heterocycles. The summed E-state index contributed by atoms with van der Waals surface area (Å²) in [5.41, 5.74) is -0.127. The first-order chi connectivity index (χ1) is 8.84. The van der Waals surface area contributed by atoms with Gasteiger partial charge in [0, 0.05) is 11.9 Å². The number of nitrogens with zero attached hydrogens (tertiary/aromatic N) is 3. The number of hydrogen-bond acceptors (Lipinski definition) is 4. The van der Waals surface area contributed by atoms with Gasteiger partial charge >= 0.3 is 6.18 Å². The lowest BCUT2D eigenvalue weighted by atomic mass is 10.3. The van der Waals surface area contributed by atoms with E-state index >= 15 is 0 Å². The highest BCUT2D eigenvalue weighted by atomic mass is 35.5. The van der Waals surface area contributed by atoms with Crippen LogP contribution in [0.2, 0.25) is 5.15 Å². The van der Waals surface area contributed by atoms with Crippen molar-refractivity contribution >= 4 is 23.4 Å². The molecule has 0 saturated heterocycles. The lowest BCUT2D eigenvalue weighted by Gasteiger charge is -2.08. The molecule has 0 spiro atoms. The van der Waals surface area contributed by atoms with E-state index in [1.807, 2.05) is 0 Å². The van der Waals surface area contributed by atoms with Gasteiger partial charge in [0.25, 0.3) is 0 Å². The molecule has 0 unspecified atom stereocenters. The summed E-state index contributed by atoms with van der Waals surface area (Å²) in [5, 5.41) is 0.207. The molecule has 0 N–H and O–H groups in total. The maximum absolute atomic E-state index is 12.6. The van der Waals surface area contributed by atoms with Crippen LogP contribution < -0.4 is 0 Å². The number of aromatic nitrogens is 3. The van der Waals surface area contributed by atoms with Crippen molar-refractivity contribution in [2.24, 2.45) is 0 Å². The van der Waals surface area contributed by atoms with E-state index in [0.717, 1.165) is 29.6 Å². The van der Waals surface area contributed by atoms with Gasteiger partial charge in [-0.25, -0.2) is 15.0 Å². The van der Waals surface area contributed by atoms with Crippen LogP contribution in [0.4, 0.5) is 13.2 Å².